The SMILES string of the molecule is CCOC1(C(Cc2ccc(Br)s2)NN)CCC(C)(C)CC1. The standard InChI is InChI=1S/C16H27BrN2OS/c1-4-20-16(9-7-15(2,3)8-10-16)13(19-18)11-12-5-6-14(17)21-12/h5-6,13,19H,4,7-11,18H2,1-3H3. The molecule has 0 radical (unpaired) electrons. The van der Waals surface area contributed by atoms with Gasteiger partial charge in [0.1, 0.15) is 0 Å². The van der Waals surface area contributed by atoms with Crippen molar-refractivity contribution in [1.29, 1.82) is 0 Å². The molecular formula is C16H27BrN2OS. The summed E-state index contributed by atoms with van der Waals surface area (Å²) in [5, 5.41) is 0. The maximum absolute atomic E-state index is 6.25. The molecule has 0 amide bonds. The number of nitrogens with one attached hydrogen (secondary N) is 1. The quantitative estimate of drug-likeness (QED) is 0.577. The second-order valence-corrected chi connectivity index (χ2v) is 9.34. The summed E-state index contributed by atoms with van der Waals surface area (Å²) in [4.78, 5) is 1.34. The van der Waals surface area contributed by atoms with E-state index in [-0.39, 0.29) is 11.6 Å². The van der Waals surface area contributed by atoms with Crippen molar-refractivity contribution < 1.29 is 4.74 Å². The summed E-state index contributed by atoms with van der Waals surface area (Å²) in [5.41, 5.74) is 3.34. The van der Waals surface area contributed by atoms with Crippen LogP contribution in [0.2, 0.25) is 0 Å². The number of nitrogens with two attached hydrogens (primary N) is 1. The van der Waals surface area contributed by atoms with Gasteiger partial charge in [-0.1, -0.05) is 13.8 Å². The summed E-state index contributed by atoms with van der Waals surface area (Å²) in [7, 11) is 0. The Morgan fingerprint density at radius 1 is 1.33 bits per heavy atom. The van der Waals surface area contributed by atoms with Crippen molar-refractivity contribution in [2.75, 3.05) is 6.61 Å². The molecule has 1 heterocycles. The smallest absolute Gasteiger partial charge is 0.0851 e. The fourth-order valence-electron chi connectivity index (χ4n) is 3.29. The van der Waals surface area contributed by atoms with Crippen LogP contribution in [0.3, 0.4) is 0 Å². The number of halogens is 1. The lowest BCUT2D eigenvalue weighted by Gasteiger charge is -2.47. The molecular weight excluding hydrogens is 348 g/mol. The normalized spacial score (nSPS) is 22.1. The Bertz CT molecular complexity index is 451. The predicted octanol–water partition coefficient (Wildman–Crippen LogP) is 4.26. The number of hydrogen-bond donors (Lipinski definition) is 2. The van der Waals surface area contributed by atoms with Crippen LogP contribution in [0.15, 0.2) is 15.9 Å². The molecule has 5 heteroatoms. The highest BCUT2D eigenvalue weighted by molar-refractivity contribution is 9.11. The fourth-order valence-corrected chi connectivity index (χ4v) is 4.82. The van der Waals surface area contributed by atoms with E-state index in [1.807, 2.05) is 0 Å². The Balaban J connectivity index is 2.14. The first-order valence-electron chi connectivity index (χ1n) is 7.75. The summed E-state index contributed by atoms with van der Waals surface area (Å²) >= 11 is 5.31. The highest BCUT2D eigenvalue weighted by Crippen LogP contribution is 2.44. The first-order valence-corrected chi connectivity index (χ1v) is 9.36. The molecule has 3 N–H and O–H groups in total. The summed E-state index contributed by atoms with van der Waals surface area (Å²) in [6, 6.07) is 4.44. The van der Waals surface area contributed by atoms with E-state index in [0.29, 0.717) is 5.41 Å². The molecule has 1 saturated carbocycles. The fraction of sp³-hybridized carbons (Fsp3) is 0.750. The van der Waals surface area contributed by atoms with Gasteiger partial charge in [0.15, 0.2) is 0 Å². The zero-order valence-corrected chi connectivity index (χ0v) is 15.6. The summed E-state index contributed by atoms with van der Waals surface area (Å²) in [5.74, 6) is 5.90. The first-order chi connectivity index (χ1) is 9.91. The molecule has 1 aromatic heterocycles. The Morgan fingerprint density at radius 2 is 2.00 bits per heavy atom. The molecule has 1 aliphatic carbocycles. The highest BCUT2D eigenvalue weighted by atomic mass is 79.9. The van der Waals surface area contributed by atoms with Crippen molar-refractivity contribution in [2.24, 2.45) is 11.3 Å². The third-order valence-corrected chi connectivity index (χ3v) is 6.40. The minimum atomic E-state index is -0.129. The van der Waals surface area contributed by atoms with E-state index >= 15 is 0 Å². The van der Waals surface area contributed by atoms with Crippen molar-refractivity contribution in [3.05, 3.63) is 20.8 Å². The summed E-state index contributed by atoms with van der Waals surface area (Å²) < 4.78 is 7.42. The van der Waals surface area contributed by atoms with Gasteiger partial charge in [-0.25, -0.2) is 0 Å². The third-order valence-electron chi connectivity index (χ3n) is 4.75. The van der Waals surface area contributed by atoms with Gasteiger partial charge in [-0.15, -0.1) is 11.3 Å². The maximum atomic E-state index is 6.25. The molecule has 2 rings (SSSR count). The Kier molecular flexibility index (Phi) is 5.88. The minimum Gasteiger partial charge on any atom is -0.374 e. The average Bonchev–Trinajstić information content (AvgIpc) is 2.85. The largest absolute Gasteiger partial charge is 0.374 e. The van der Waals surface area contributed by atoms with Gasteiger partial charge >= 0.3 is 0 Å². The van der Waals surface area contributed by atoms with Crippen molar-refractivity contribution >= 4 is 27.3 Å². The molecule has 1 aliphatic rings. The van der Waals surface area contributed by atoms with Gasteiger partial charge in [0, 0.05) is 17.9 Å². The van der Waals surface area contributed by atoms with Crippen molar-refractivity contribution in [3.8, 4) is 0 Å². The maximum Gasteiger partial charge on any atom is 0.0851 e. The molecule has 1 atom stereocenters. The number of hydrazine groups is 1. The monoisotopic (exact) mass is 374 g/mol. The molecule has 1 fully saturated rings. The second-order valence-electron chi connectivity index (χ2n) is 6.79. The molecule has 0 aliphatic heterocycles. The van der Waals surface area contributed by atoms with Crippen LogP contribution in [0.5, 0.6) is 0 Å². The summed E-state index contributed by atoms with van der Waals surface area (Å²) in [6.45, 7) is 7.53. The van der Waals surface area contributed by atoms with E-state index in [2.05, 4.69) is 54.3 Å². The van der Waals surface area contributed by atoms with Gasteiger partial charge in [-0.05, 0) is 66.1 Å². The van der Waals surface area contributed by atoms with E-state index in [1.54, 1.807) is 11.3 Å². The van der Waals surface area contributed by atoms with Crippen LogP contribution < -0.4 is 11.3 Å². The number of rotatable bonds is 6. The van der Waals surface area contributed by atoms with Crippen LogP contribution in [-0.2, 0) is 11.2 Å². The van der Waals surface area contributed by atoms with Crippen LogP contribution in [0, 0.1) is 5.41 Å². The van der Waals surface area contributed by atoms with Crippen LogP contribution in [0.1, 0.15) is 51.3 Å². The van der Waals surface area contributed by atoms with Crippen LogP contribution in [-0.4, -0.2) is 18.2 Å². The molecule has 1 unspecified atom stereocenters. The Labute approximate surface area is 140 Å². The van der Waals surface area contributed by atoms with Crippen molar-refractivity contribution in [2.45, 2.75) is 64.5 Å². The Morgan fingerprint density at radius 3 is 2.48 bits per heavy atom. The van der Waals surface area contributed by atoms with Gasteiger partial charge in [-0.3, -0.25) is 11.3 Å². The zero-order chi connectivity index (χ0) is 15.5. The molecule has 120 valence electrons. The molecule has 0 aromatic carbocycles. The third kappa shape index (κ3) is 4.29. The van der Waals surface area contributed by atoms with Crippen molar-refractivity contribution in [1.82, 2.24) is 5.43 Å². The lowest BCUT2D eigenvalue weighted by atomic mass is 9.68. The first kappa shape index (κ1) is 17.4. The van der Waals surface area contributed by atoms with E-state index in [4.69, 9.17) is 10.6 Å². The van der Waals surface area contributed by atoms with E-state index < -0.39 is 0 Å². The van der Waals surface area contributed by atoms with E-state index in [0.717, 1.165) is 25.9 Å². The molecule has 21 heavy (non-hydrogen) atoms. The van der Waals surface area contributed by atoms with E-state index in [9.17, 15) is 0 Å². The van der Waals surface area contributed by atoms with Gasteiger partial charge < -0.3 is 4.74 Å². The van der Waals surface area contributed by atoms with E-state index in [1.165, 1.54) is 21.5 Å². The minimum absolute atomic E-state index is 0.129. The van der Waals surface area contributed by atoms with Crippen LogP contribution in [0.25, 0.3) is 0 Å². The molecule has 0 spiro atoms. The molecule has 3 nitrogen and oxygen atoms in total. The lowest BCUT2D eigenvalue weighted by molar-refractivity contribution is -0.106. The van der Waals surface area contributed by atoms with Gasteiger partial charge in [0.05, 0.1) is 15.4 Å². The number of ether oxygens (including phenoxy) is 1. The molecule has 0 saturated heterocycles. The Hall–Kier alpha value is 0.0600. The second kappa shape index (κ2) is 7.09. The van der Waals surface area contributed by atoms with Gasteiger partial charge in [-0.2, -0.15) is 0 Å². The van der Waals surface area contributed by atoms with Crippen molar-refractivity contribution in [3.63, 3.8) is 0 Å². The topological polar surface area (TPSA) is 47.3 Å². The summed E-state index contributed by atoms with van der Waals surface area (Å²) in [6.07, 6.45) is 5.47. The predicted molar refractivity (Wildman–Crippen MR) is 93.4 cm³/mol. The number of hydrogen-bond acceptors (Lipinski definition) is 4. The van der Waals surface area contributed by atoms with Gasteiger partial charge in [0.2, 0.25) is 0 Å². The average molecular weight is 375 g/mol. The molecule has 1 aromatic rings. The molecule has 0 bridgehead atoms. The number of thiophene rings is 1. The van der Waals surface area contributed by atoms with Crippen LogP contribution >= 0.6 is 27.3 Å². The lowest BCUT2D eigenvalue weighted by Crippen LogP contribution is -2.58. The zero-order valence-electron chi connectivity index (χ0n) is 13.2. The highest BCUT2D eigenvalue weighted by Gasteiger charge is 2.44. The van der Waals surface area contributed by atoms with Crippen LogP contribution in [0.4, 0.5) is 0 Å². The van der Waals surface area contributed by atoms with Gasteiger partial charge in [0.25, 0.3) is 0 Å².